The van der Waals surface area contributed by atoms with Crippen molar-refractivity contribution in [2.24, 2.45) is 4.99 Å². The van der Waals surface area contributed by atoms with Gasteiger partial charge in [0, 0.05) is 39.9 Å². The van der Waals surface area contributed by atoms with Crippen molar-refractivity contribution in [3.05, 3.63) is 35.6 Å². The van der Waals surface area contributed by atoms with Crippen LogP contribution in [0.25, 0.3) is 0 Å². The van der Waals surface area contributed by atoms with E-state index in [4.69, 9.17) is 9.47 Å². The van der Waals surface area contributed by atoms with Crippen LogP contribution in [0.1, 0.15) is 31.7 Å². The quantitative estimate of drug-likeness (QED) is 0.255. The van der Waals surface area contributed by atoms with E-state index in [1.54, 1.807) is 12.1 Å². The molecule has 1 unspecified atom stereocenters. The van der Waals surface area contributed by atoms with Crippen molar-refractivity contribution in [1.29, 1.82) is 0 Å². The van der Waals surface area contributed by atoms with E-state index in [9.17, 15) is 4.39 Å². The Morgan fingerprint density at radius 2 is 2.15 bits per heavy atom. The molecule has 0 aliphatic carbocycles. The van der Waals surface area contributed by atoms with Gasteiger partial charge in [-0.1, -0.05) is 12.1 Å². The van der Waals surface area contributed by atoms with Crippen molar-refractivity contribution in [2.45, 2.75) is 38.8 Å². The molecule has 1 aromatic rings. The van der Waals surface area contributed by atoms with Gasteiger partial charge in [-0.2, -0.15) is 0 Å². The summed E-state index contributed by atoms with van der Waals surface area (Å²) in [6, 6.07) is 6.57. The van der Waals surface area contributed by atoms with Gasteiger partial charge in [-0.25, -0.2) is 4.39 Å². The van der Waals surface area contributed by atoms with Gasteiger partial charge < -0.3 is 19.7 Å². The first-order valence-corrected chi connectivity index (χ1v) is 9.12. The summed E-state index contributed by atoms with van der Waals surface area (Å²) in [4.78, 5) is 6.69. The maximum Gasteiger partial charge on any atom is 0.193 e. The van der Waals surface area contributed by atoms with Crippen LogP contribution in [0.2, 0.25) is 0 Å². The van der Waals surface area contributed by atoms with Crippen LogP contribution in [0.4, 0.5) is 4.39 Å². The lowest BCUT2D eigenvalue weighted by molar-refractivity contribution is 0.0170. The van der Waals surface area contributed by atoms with Gasteiger partial charge in [0.25, 0.3) is 0 Å². The topological polar surface area (TPSA) is 46.1 Å². The van der Waals surface area contributed by atoms with Crippen molar-refractivity contribution in [3.63, 3.8) is 0 Å². The maximum atomic E-state index is 13.0. The summed E-state index contributed by atoms with van der Waals surface area (Å²) in [6.07, 6.45) is 3.41. The lowest BCUT2D eigenvalue weighted by Crippen LogP contribution is -2.38. The van der Waals surface area contributed by atoms with Crippen LogP contribution < -0.4 is 5.32 Å². The summed E-state index contributed by atoms with van der Waals surface area (Å²) in [6.45, 7) is 6.50. The van der Waals surface area contributed by atoms with E-state index in [0.717, 1.165) is 43.9 Å². The zero-order valence-electron chi connectivity index (χ0n) is 15.7. The second-order valence-electron chi connectivity index (χ2n) is 6.28. The monoisotopic (exact) mass is 479 g/mol. The van der Waals surface area contributed by atoms with Crippen LogP contribution in [0, 0.1) is 5.82 Å². The average molecular weight is 479 g/mol. The van der Waals surface area contributed by atoms with Crippen LogP contribution in [-0.2, 0) is 16.0 Å². The Morgan fingerprint density at radius 1 is 1.38 bits per heavy atom. The Labute approximate surface area is 173 Å². The largest absolute Gasteiger partial charge is 0.379 e. The molecule has 2 rings (SSSR count). The van der Waals surface area contributed by atoms with Crippen molar-refractivity contribution in [1.82, 2.24) is 10.2 Å². The zero-order valence-corrected chi connectivity index (χ0v) is 18.1. The minimum atomic E-state index is -0.213. The van der Waals surface area contributed by atoms with E-state index in [1.807, 2.05) is 18.9 Å². The second kappa shape index (κ2) is 13.3. The number of rotatable bonds is 9. The standard InChI is InChI=1S/C19H30FN3O2.HI/c1-3-21-19(23(2)14-16-7-9-17(20)10-8-16)22-11-5-12-24-15-18-6-4-13-25-18;/h7-10,18H,3-6,11-15H2,1-2H3,(H,21,22);1H. The van der Waals surface area contributed by atoms with E-state index in [1.165, 1.54) is 12.1 Å². The highest BCUT2D eigenvalue weighted by Crippen LogP contribution is 2.12. The van der Waals surface area contributed by atoms with Gasteiger partial charge in [0.1, 0.15) is 5.82 Å². The first kappa shape index (κ1) is 23.1. The summed E-state index contributed by atoms with van der Waals surface area (Å²) >= 11 is 0. The lowest BCUT2D eigenvalue weighted by atomic mass is 10.2. The van der Waals surface area contributed by atoms with Crippen LogP contribution in [0.3, 0.4) is 0 Å². The Morgan fingerprint density at radius 3 is 2.81 bits per heavy atom. The van der Waals surface area contributed by atoms with Gasteiger partial charge in [0.05, 0.1) is 12.7 Å². The number of ether oxygens (including phenoxy) is 2. The number of guanidine groups is 1. The molecule has 1 aliphatic heterocycles. The fourth-order valence-corrected chi connectivity index (χ4v) is 2.75. The molecule has 0 radical (unpaired) electrons. The van der Waals surface area contributed by atoms with Gasteiger partial charge in [-0.3, -0.25) is 4.99 Å². The van der Waals surface area contributed by atoms with Crippen molar-refractivity contribution < 1.29 is 13.9 Å². The van der Waals surface area contributed by atoms with Gasteiger partial charge in [0.2, 0.25) is 0 Å². The highest BCUT2D eigenvalue weighted by molar-refractivity contribution is 14.0. The van der Waals surface area contributed by atoms with Crippen LogP contribution in [-0.4, -0.2) is 56.9 Å². The van der Waals surface area contributed by atoms with E-state index >= 15 is 0 Å². The molecule has 1 N–H and O–H groups in total. The number of nitrogens with one attached hydrogen (secondary N) is 1. The van der Waals surface area contributed by atoms with Crippen molar-refractivity contribution >= 4 is 29.9 Å². The third kappa shape index (κ3) is 8.64. The summed E-state index contributed by atoms with van der Waals surface area (Å²) in [5.41, 5.74) is 1.05. The van der Waals surface area contributed by atoms with Crippen LogP contribution in [0.5, 0.6) is 0 Å². The SMILES string of the molecule is CCNC(=NCCCOCC1CCCO1)N(C)Cc1ccc(F)cc1.I. The molecule has 1 aromatic carbocycles. The number of hydrogen-bond acceptors (Lipinski definition) is 3. The molecule has 26 heavy (non-hydrogen) atoms. The predicted molar refractivity (Wildman–Crippen MR) is 114 cm³/mol. The Bertz CT molecular complexity index is 522. The molecule has 0 saturated carbocycles. The minimum Gasteiger partial charge on any atom is -0.379 e. The molecule has 0 bridgehead atoms. The predicted octanol–water partition coefficient (Wildman–Crippen LogP) is 3.43. The van der Waals surface area contributed by atoms with Gasteiger partial charge >= 0.3 is 0 Å². The number of benzene rings is 1. The molecule has 148 valence electrons. The molecule has 1 heterocycles. The molecule has 0 amide bonds. The third-order valence-electron chi connectivity index (χ3n) is 4.07. The lowest BCUT2D eigenvalue weighted by Gasteiger charge is -2.22. The van der Waals surface area contributed by atoms with E-state index in [0.29, 0.717) is 26.3 Å². The zero-order chi connectivity index (χ0) is 17.9. The highest BCUT2D eigenvalue weighted by Gasteiger charge is 2.14. The summed E-state index contributed by atoms with van der Waals surface area (Å²) in [7, 11) is 1.98. The summed E-state index contributed by atoms with van der Waals surface area (Å²) in [5.74, 6) is 0.640. The number of aliphatic imine (C=N–C) groups is 1. The molecule has 0 aromatic heterocycles. The number of hydrogen-bond donors (Lipinski definition) is 1. The maximum absolute atomic E-state index is 13.0. The highest BCUT2D eigenvalue weighted by atomic mass is 127. The fraction of sp³-hybridized carbons (Fsp3) is 0.632. The summed E-state index contributed by atoms with van der Waals surface area (Å²) in [5, 5.41) is 3.29. The van der Waals surface area contributed by atoms with Crippen LogP contribution >= 0.6 is 24.0 Å². The Kier molecular flexibility index (Phi) is 11.8. The average Bonchev–Trinajstić information content (AvgIpc) is 3.12. The molecule has 0 spiro atoms. The molecule has 5 nitrogen and oxygen atoms in total. The van der Waals surface area contributed by atoms with Crippen molar-refractivity contribution in [3.8, 4) is 0 Å². The molecule has 1 atom stereocenters. The molecular formula is C19H31FIN3O2. The second-order valence-corrected chi connectivity index (χ2v) is 6.28. The fourth-order valence-electron chi connectivity index (χ4n) is 2.75. The Hall–Kier alpha value is -0.930. The van der Waals surface area contributed by atoms with Crippen LogP contribution in [0.15, 0.2) is 29.3 Å². The van der Waals surface area contributed by atoms with Gasteiger partial charge in [0.15, 0.2) is 5.96 Å². The van der Waals surface area contributed by atoms with Gasteiger partial charge in [-0.05, 0) is 43.9 Å². The van der Waals surface area contributed by atoms with E-state index < -0.39 is 0 Å². The normalized spacial score (nSPS) is 17.0. The molecule has 7 heteroatoms. The number of nitrogens with zero attached hydrogens (tertiary/aromatic N) is 2. The smallest absolute Gasteiger partial charge is 0.193 e. The molecular weight excluding hydrogens is 448 g/mol. The molecule has 1 fully saturated rings. The van der Waals surface area contributed by atoms with E-state index in [-0.39, 0.29) is 35.9 Å². The first-order chi connectivity index (χ1) is 12.2. The van der Waals surface area contributed by atoms with Gasteiger partial charge in [-0.15, -0.1) is 24.0 Å². The minimum absolute atomic E-state index is 0. The van der Waals surface area contributed by atoms with E-state index in [2.05, 4.69) is 10.3 Å². The molecule has 1 saturated heterocycles. The third-order valence-corrected chi connectivity index (χ3v) is 4.07. The molecule has 1 aliphatic rings. The Balaban J connectivity index is 0.00000338. The first-order valence-electron chi connectivity index (χ1n) is 9.12. The number of halogens is 2. The summed E-state index contributed by atoms with van der Waals surface area (Å²) < 4.78 is 24.2. The van der Waals surface area contributed by atoms with Crippen molar-refractivity contribution in [2.75, 3.05) is 40.0 Å².